The molecule has 0 fully saturated rings. The van der Waals surface area contributed by atoms with Crippen molar-refractivity contribution in [2.45, 2.75) is 33.2 Å². The number of hydrogen-bond acceptors (Lipinski definition) is 2. The Morgan fingerprint density at radius 2 is 2.00 bits per heavy atom. The van der Waals surface area contributed by atoms with Crippen LogP contribution in [0.5, 0.6) is 0 Å². The SMILES string of the molecule is CCNC(C)c1ccc(-c2ccc(Br)cc2CC)o1. The minimum atomic E-state index is 0.249. The Morgan fingerprint density at radius 3 is 2.68 bits per heavy atom. The topological polar surface area (TPSA) is 25.2 Å². The molecule has 102 valence electrons. The lowest BCUT2D eigenvalue weighted by Gasteiger charge is -2.09. The molecule has 1 aromatic carbocycles. The number of benzene rings is 1. The van der Waals surface area contributed by atoms with Gasteiger partial charge in [-0.1, -0.05) is 29.8 Å². The van der Waals surface area contributed by atoms with Gasteiger partial charge in [-0.25, -0.2) is 0 Å². The standard InChI is InChI=1S/C16H20BrNO/c1-4-12-10-13(17)6-7-14(12)16-9-8-15(19-16)11(3)18-5-2/h6-11,18H,4-5H2,1-3H3. The summed E-state index contributed by atoms with van der Waals surface area (Å²) in [6.07, 6.45) is 0.994. The molecular weight excluding hydrogens is 302 g/mol. The Kier molecular flexibility index (Phi) is 4.83. The lowest BCUT2D eigenvalue weighted by Crippen LogP contribution is -2.16. The zero-order valence-corrected chi connectivity index (χ0v) is 13.3. The van der Waals surface area contributed by atoms with Gasteiger partial charge in [0.15, 0.2) is 0 Å². The van der Waals surface area contributed by atoms with E-state index in [0.717, 1.165) is 29.0 Å². The van der Waals surface area contributed by atoms with E-state index in [-0.39, 0.29) is 6.04 Å². The fraction of sp³-hybridized carbons (Fsp3) is 0.375. The summed E-state index contributed by atoms with van der Waals surface area (Å²) in [4.78, 5) is 0. The zero-order valence-electron chi connectivity index (χ0n) is 11.7. The molecule has 2 aromatic rings. The Morgan fingerprint density at radius 1 is 1.21 bits per heavy atom. The summed E-state index contributed by atoms with van der Waals surface area (Å²) in [5, 5.41) is 3.36. The minimum absolute atomic E-state index is 0.249. The maximum absolute atomic E-state index is 5.99. The summed E-state index contributed by atoms with van der Waals surface area (Å²) >= 11 is 3.52. The Bertz CT molecular complexity index is 547. The van der Waals surface area contributed by atoms with E-state index in [1.807, 2.05) is 0 Å². The molecule has 3 heteroatoms. The number of rotatable bonds is 5. The lowest BCUT2D eigenvalue weighted by atomic mass is 10.0. The van der Waals surface area contributed by atoms with Gasteiger partial charge >= 0.3 is 0 Å². The van der Waals surface area contributed by atoms with Gasteiger partial charge in [-0.2, -0.15) is 0 Å². The second kappa shape index (κ2) is 6.40. The quantitative estimate of drug-likeness (QED) is 0.843. The van der Waals surface area contributed by atoms with Gasteiger partial charge in [-0.3, -0.25) is 0 Å². The van der Waals surface area contributed by atoms with Crippen molar-refractivity contribution < 1.29 is 4.42 Å². The van der Waals surface area contributed by atoms with Gasteiger partial charge in [0.2, 0.25) is 0 Å². The van der Waals surface area contributed by atoms with E-state index in [1.165, 1.54) is 11.1 Å². The fourth-order valence-electron chi connectivity index (χ4n) is 2.23. The van der Waals surface area contributed by atoms with Crippen molar-refractivity contribution in [1.82, 2.24) is 5.32 Å². The molecule has 0 radical (unpaired) electrons. The summed E-state index contributed by atoms with van der Waals surface area (Å²) < 4.78 is 7.10. The minimum Gasteiger partial charge on any atom is -0.459 e. The van der Waals surface area contributed by atoms with Crippen LogP contribution < -0.4 is 5.32 Å². The van der Waals surface area contributed by atoms with Crippen molar-refractivity contribution in [3.05, 3.63) is 46.1 Å². The van der Waals surface area contributed by atoms with E-state index in [4.69, 9.17) is 4.42 Å². The van der Waals surface area contributed by atoms with Crippen molar-refractivity contribution in [1.29, 1.82) is 0 Å². The van der Waals surface area contributed by atoms with E-state index >= 15 is 0 Å². The lowest BCUT2D eigenvalue weighted by molar-refractivity contribution is 0.445. The number of hydrogen-bond donors (Lipinski definition) is 1. The third-order valence-corrected chi connectivity index (χ3v) is 3.77. The third kappa shape index (κ3) is 3.28. The monoisotopic (exact) mass is 321 g/mol. The highest BCUT2D eigenvalue weighted by molar-refractivity contribution is 9.10. The molecule has 0 amide bonds. The zero-order chi connectivity index (χ0) is 13.8. The first-order valence-corrected chi connectivity index (χ1v) is 7.56. The summed E-state index contributed by atoms with van der Waals surface area (Å²) in [7, 11) is 0. The summed E-state index contributed by atoms with van der Waals surface area (Å²) in [6, 6.07) is 10.7. The smallest absolute Gasteiger partial charge is 0.134 e. The summed E-state index contributed by atoms with van der Waals surface area (Å²) in [5.74, 6) is 1.94. The molecule has 1 heterocycles. The first kappa shape index (κ1) is 14.4. The van der Waals surface area contributed by atoms with Crippen LogP contribution in [0.15, 0.2) is 39.2 Å². The molecule has 2 rings (SSSR count). The van der Waals surface area contributed by atoms with Crippen molar-refractivity contribution in [3.63, 3.8) is 0 Å². The fourth-order valence-corrected chi connectivity index (χ4v) is 2.64. The van der Waals surface area contributed by atoms with E-state index < -0.39 is 0 Å². The Hall–Kier alpha value is -1.06. The molecule has 0 aliphatic heterocycles. The van der Waals surface area contributed by atoms with E-state index in [2.05, 4.69) is 72.3 Å². The number of aryl methyl sites for hydroxylation is 1. The van der Waals surface area contributed by atoms with Crippen LogP contribution in [0.3, 0.4) is 0 Å². The highest BCUT2D eigenvalue weighted by atomic mass is 79.9. The van der Waals surface area contributed by atoms with Crippen LogP contribution in [-0.4, -0.2) is 6.54 Å². The van der Waals surface area contributed by atoms with Crippen LogP contribution in [0.1, 0.15) is 38.1 Å². The molecule has 0 saturated carbocycles. The molecule has 1 atom stereocenters. The van der Waals surface area contributed by atoms with Crippen molar-refractivity contribution in [3.8, 4) is 11.3 Å². The largest absolute Gasteiger partial charge is 0.459 e. The van der Waals surface area contributed by atoms with Crippen LogP contribution in [0.25, 0.3) is 11.3 Å². The van der Waals surface area contributed by atoms with Crippen LogP contribution in [0, 0.1) is 0 Å². The molecule has 1 aromatic heterocycles. The van der Waals surface area contributed by atoms with Crippen molar-refractivity contribution >= 4 is 15.9 Å². The Balaban J connectivity index is 2.32. The van der Waals surface area contributed by atoms with Gasteiger partial charge in [0.05, 0.1) is 6.04 Å². The van der Waals surface area contributed by atoms with Gasteiger partial charge in [0.25, 0.3) is 0 Å². The van der Waals surface area contributed by atoms with Crippen molar-refractivity contribution in [2.75, 3.05) is 6.54 Å². The average Bonchev–Trinajstić information content (AvgIpc) is 2.88. The normalized spacial score (nSPS) is 12.6. The molecule has 1 unspecified atom stereocenters. The number of furan rings is 1. The van der Waals surface area contributed by atoms with Gasteiger partial charge in [0, 0.05) is 10.0 Å². The van der Waals surface area contributed by atoms with Gasteiger partial charge in [-0.05, 0) is 55.8 Å². The molecular formula is C16H20BrNO. The first-order valence-electron chi connectivity index (χ1n) is 6.77. The summed E-state index contributed by atoms with van der Waals surface area (Å²) in [5.41, 5.74) is 2.48. The van der Waals surface area contributed by atoms with Crippen LogP contribution in [0.2, 0.25) is 0 Å². The molecule has 0 spiro atoms. The molecule has 19 heavy (non-hydrogen) atoms. The predicted octanol–water partition coefficient (Wildman–Crippen LogP) is 4.94. The average molecular weight is 322 g/mol. The van der Waals surface area contributed by atoms with Crippen LogP contribution >= 0.6 is 15.9 Å². The second-order valence-electron chi connectivity index (χ2n) is 4.64. The molecule has 0 aliphatic carbocycles. The van der Waals surface area contributed by atoms with E-state index in [9.17, 15) is 0 Å². The van der Waals surface area contributed by atoms with Gasteiger partial charge in [0.1, 0.15) is 11.5 Å². The van der Waals surface area contributed by atoms with E-state index in [0.29, 0.717) is 0 Å². The highest BCUT2D eigenvalue weighted by Crippen LogP contribution is 2.30. The maximum atomic E-state index is 5.99. The molecule has 0 bridgehead atoms. The highest BCUT2D eigenvalue weighted by Gasteiger charge is 2.12. The van der Waals surface area contributed by atoms with Gasteiger partial charge < -0.3 is 9.73 Å². The predicted molar refractivity (Wildman–Crippen MR) is 83.3 cm³/mol. The molecule has 2 nitrogen and oxygen atoms in total. The van der Waals surface area contributed by atoms with E-state index in [1.54, 1.807) is 0 Å². The third-order valence-electron chi connectivity index (χ3n) is 3.28. The molecule has 0 saturated heterocycles. The Labute approximate surface area is 123 Å². The molecule has 0 aliphatic rings. The first-order chi connectivity index (χ1) is 9.15. The van der Waals surface area contributed by atoms with Gasteiger partial charge in [-0.15, -0.1) is 0 Å². The van der Waals surface area contributed by atoms with Crippen molar-refractivity contribution in [2.24, 2.45) is 0 Å². The number of halogens is 1. The van der Waals surface area contributed by atoms with Crippen LogP contribution in [0.4, 0.5) is 0 Å². The summed E-state index contributed by atoms with van der Waals surface area (Å²) in [6.45, 7) is 7.32. The second-order valence-corrected chi connectivity index (χ2v) is 5.55. The van der Waals surface area contributed by atoms with Crippen LogP contribution in [-0.2, 0) is 6.42 Å². The molecule has 1 N–H and O–H groups in total. The maximum Gasteiger partial charge on any atom is 0.134 e. The number of nitrogens with one attached hydrogen (secondary N) is 1.